The first-order valence-electron chi connectivity index (χ1n) is 25.4. The van der Waals surface area contributed by atoms with Crippen molar-refractivity contribution < 1.29 is 78.5 Å². The molecule has 2 radical (unpaired) electrons. The van der Waals surface area contributed by atoms with Crippen molar-refractivity contribution in [1.82, 2.24) is 20.1 Å². The van der Waals surface area contributed by atoms with Crippen LogP contribution in [-0.4, -0.2) is 92.2 Å². The van der Waals surface area contributed by atoms with Crippen LogP contribution in [0.2, 0.25) is 10.0 Å². The molecule has 394 valence electrons. The Morgan fingerprint density at radius 3 is 1.73 bits per heavy atom. The Morgan fingerprint density at radius 2 is 1.26 bits per heavy atom. The summed E-state index contributed by atoms with van der Waals surface area (Å²) in [5, 5.41) is 8.44. The molecule has 1 aliphatic heterocycles. The Bertz CT molecular complexity index is 2580. The normalized spacial score (nSPS) is 18.0. The number of esters is 2. The number of hydrogen-bond donors (Lipinski definition) is 1. The Kier molecular flexibility index (Phi) is 25.2. The SMILES string of the molecule is C1CCOC1.CCOC(=O)[C@@H]1CC[C@H](Cc2ccc(-c3noc(-c4cnc(OC(C)C)c(Cl)c4)n3)cc2)C1.CCOC(=O)[C@@H]1CC[C@H](Cc2ccc(/C(N)=N/OC(=O)c3cnc(OC(C)C)c(Cl)c3)cc2)C1.[2H][B].[U]. The molecule has 1 saturated heterocycles. The van der Waals surface area contributed by atoms with Crippen LogP contribution in [0.4, 0.5) is 0 Å². The summed E-state index contributed by atoms with van der Waals surface area (Å²) < 4.78 is 36.9. The number of hydrogen-bond acceptors (Lipinski definition) is 15. The van der Waals surface area contributed by atoms with Crippen LogP contribution in [0, 0.1) is 54.8 Å². The number of pyridine rings is 2. The van der Waals surface area contributed by atoms with E-state index in [2.05, 4.69) is 45.8 Å². The summed E-state index contributed by atoms with van der Waals surface area (Å²) in [6, 6.07) is 18.9. The minimum atomic E-state index is -0.734. The summed E-state index contributed by atoms with van der Waals surface area (Å²) in [6.07, 6.45) is 12.8. The Balaban J connectivity index is 0.000000284. The first kappa shape index (κ1) is 59.9. The van der Waals surface area contributed by atoms with Crippen LogP contribution in [0.5, 0.6) is 11.8 Å². The molecule has 5 aromatic rings. The number of carbonyl (C=O) groups excluding carboxylic acids is 3. The number of nitrogens with zero attached hydrogens (tertiary/aromatic N) is 5. The number of rotatable bonds is 17. The van der Waals surface area contributed by atoms with Gasteiger partial charge in [-0.1, -0.05) is 82.0 Å². The van der Waals surface area contributed by atoms with Crippen LogP contribution in [0.3, 0.4) is 0 Å². The van der Waals surface area contributed by atoms with Crippen LogP contribution in [0.25, 0.3) is 22.8 Å². The zero-order valence-electron chi connectivity index (χ0n) is 44.0. The predicted octanol–water partition coefficient (Wildman–Crippen LogP) is 10.4. The summed E-state index contributed by atoms with van der Waals surface area (Å²) in [5.74, 6) is 1.66. The van der Waals surface area contributed by atoms with Crippen molar-refractivity contribution in [2.45, 2.75) is 118 Å². The molecule has 3 aromatic heterocycles. The van der Waals surface area contributed by atoms with Gasteiger partial charge in [-0.05, 0) is 142 Å². The largest absolute Gasteiger partial charge is 0.474 e. The molecule has 4 heterocycles. The van der Waals surface area contributed by atoms with Gasteiger partial charge in [-0.2, -0.15) is 4.98 Å². The van der Waals surface area contributed by atoms with Crippen LogP contribution < -0.4 is 15.2 Å². The van der Waals surface area contributed by atoms with Crippen molar-refractivity contribution in [2.24, 2.45) is 34.6 Å². The second kappa shape index (κ2) is 31.2. The maximum absolute atomic E-state index is 12.3. The average Bonchev–Trinajstić information content (AvgIpc) is 4.26. The molecular weight excluding hydrogens is 1210 g/mol. The summed E-state index contributed by atoms with van der Waals surface area (Å²) >= 11 is 12.4. The van der Waals surface area contributed by atoms with Gasteiger partial charge in [0, 0.05) is 76.2 Å². The number of benzene rings is 2. The molecule has 20 heteroatoms. The number of halogens is 2. The molecule has 0 bridgehead atoms. The van der Waals surface area contributed by atoms with E-state index < -0.39 is 5.97 Å². The minimum absolute atomic E-state index is 0. The van der Waals surface area contributed by atoms with Gasteiger partial charge in [0.25, 0.3) is 5.89 Å². The average molecular weight is 1280 g/mol. The number of oxime groups is 1. The maximum atomic E-state index is 12.3. The number of aromatic nitrogens is 4. The Morgan fingerprint density at radius 1 is 0.743 bits per heavy atom. The van der Waals surface area contributed by atoms with Gasteiger partial charge >= 0.3 is 17.9 Å². The third-order valence-electron chi connectivity index (χ3n) is 12.1. The molecule has 2 N–H and O–H groups in total. The van der Waals surface area contributed by atoms with Gasteiger partial charge < -0.3 is 38.8 Å². The molecule has 3 fully saturated rings. The third-order valence-corrected chi connectivity index (χ3v) is 12.6. The van der Waals surface area contributed by atoms with E-state index in [0.717, 1.165) is 75.7 Å². The monoisotopic (exact) mass is 1280 g/mol. The molecule has 0 spiro atoms. The van der Waals surface area contributed by atoms with Crippen LogP contribution in [0.1, 0.15) is 120 Å². The van der Waals surface area contributed by atoms with E-state index in [1.54, 1.807) is 12.3 Å². The molecular formula is C54H67BCl2N6O10U. The number of ether oxygens (including phenoxy) is 5. The van der Waals surface area contributed by atoms with Crippen molar-refractivity contribution >= 4 is 55.3 Å². The predicted molar refractivity (Wildman–Crippen MR) is 281 cm³/mol. The molecule has 2 aliphatic carbocycles. The van der Waals surface area contributed by atoms with Crippen molar-refractivity contribution in [1.29, 1.82) is 1.34 Å². The summed E-state index contributed by atoms with van der Waals surface area (Å²) in [7, 11) is 3.75. The van der Waals surface area contributed by atoms with Crippen LogP contribution >= 0.6 is 23.2 Å². The zero-order valence-corrected chi connectivity index (χ0v) is 48.7. The van der Waals surface area contributed by atoms with Crippen molar-refractivity contribution in [3.05, 3.63) is 105 Å². The Labute approximate surface area is 471 Å². The third kappa shape index (κ3) is 19.0. The molecule has 74 heavy (non-hydrogen) atoms. The molecule has 0 unspecified atom stereocenters. The fraction of sp³-hybridized carbons (Fsp3) is 0.481. The molecule has 4 atom stereocenters. The maximum Gasteiger partial charge on any atom is 0.367 e. The van der Waals surface area contributed by atoms with Gasteiger partial charge in [0.05, 0.1) is 48.4 Å². The van der Waals surface area contributed by atoms with E-state index in [4.69, 9.17) is 63.3 Å². The fourth-order valence-corrected chi connectivity index (χ4v) is 9.02. The van der Waals surface area contributed by atoms with E-state index >= 15 is 0 Å². The van der Waals surface area contributed by atoms with Gasteiger partial charge in [0.15, 0.2) is 5.84 Å². The van der Waals surface area contributed by atoms with E-state index in [9.17, 15) is 14.4 Å². The second-order valence-corrected chi connectivity index (χ2v) is 19.3. The quantitative estimate of drug-likeness (QED) is 0.0229. The van der Waals surface area contributed by atoms with Gasteiger partial charge in [-0.3, -0.25) is 9.59 Å². The van der Waals surface area contributed by atoms with Crippen molar-refractivity contribution in [2.75, 3.05) is 26.4 Å². The second-order valence-electron chi connectivity index (χ2n) is 18.5. The number of amidine groups is 1. The van der Waals surface area contributed by atoms with E-state index in [1.807, 2.05) is 77.9 Å². The van der Waals surface area contributed by atoms with Gasteiger partial charge in [-0.15, -0.1) is 0 Å². The Hall–Kier alpha value is -4.98. The van der Waals surface area contributed by atoms with Gasteiger partial charge in [0.1, 0.15) is 10.0 Å². The van der Waals surface area contributed by atoms with Gasteiger partial charge in [0.2, 0.25) is 17.6 Å². The van der Waals surface area contributed by atoms with Crippen molar-refractivity contribution in [3.63, 3.8) is 0 Å². The topological polar surface area (TPSA) is 210 Å². The molecule has 2 aromatic carbocycles. The van der Waals surface area contributed by atoms with Gasteiger partial charge in [-0.25, -0.2) is 14.8 Å². The van der Waals surface area contributed by atoms with E-state index in [1.165, 1.54) is 30.7 Å². The van der Waals surface area contributed by atoms with E-state index in [0.29, 0.717) is 58.8 Å². The molecule has 0 amide bonds. The molecule has 3 aliphatic rings. The molecule has 2 saturated carbocycles. The molecule has 8 rings (SSSR count). The molecule has 16 nitrogen and oxygen atoms in total. The minimum Gasteiger partial charge on any atom is -0.474 e. The summed E-state index contributed by atoms with van der Waals surface area (Å²) in [6.45, 7) is 14.1. The summed E-state index contributed by atoms with van der Waals surface area (Å²) in [4.78, 5) is 53.9. The zero-order chi connectivity index (χ0) is 53.6. The first-order valence-corrected chi connectivity index (χ1v) is 25.6. The first-order chi connectivity index (χ1) is 35.7. The standard InChI is InChI=1S/C25H30ClN3O5.C25H28ClN3O4.C4H8O.BH.U/c1-4-32-24(30)19-10-7-17(12-19)11-16-5-8-18(9-6-16)22(27)29-34-25(31)20-13-21(26)23(28-14-20)33-15(2)3;1-4-31-25(30)19-10-7-17(12-19)11-16-5-8-18(9-6-16)22-28-23(33-29-22)20-13-21(26)24(27-14-20)32-15(2)3;1-2-4-5-3-1;;/h5-6,8-9,13-15,17,19H,4,7,10-12H2,1-3H3,(H2,27,29);5-6,8-9,13-15,17,19H,4,7,10-12H2,1-3H3;1-4H2;1H;/t2*17-,19-;;;/m11.../s1/i;;;1D;. The van der Waals surface area contributed by atoms with Crippen LogP contribution in [-0.2, 0) is 41.5 Å². The number of carbonyl (C=O) groups is 3. The number of nitrogens with two attached hydrogens (primary N) is 1. The smallest absolute Gasteiger partial charge is 0.367 e. The van der Waals surface area contributed by atoms with E-state index in [-0.39, 0.29) is 89.4 Å². The fourth-order valence-electron chi connectivity index (χ4n) is 8.60. The van der Waals surface area contributed by atoms with Crippen LogP contribution in [0.15, 0.2) is 82.7 Å². The summed E-state index contributed by atoms with van der Waals surface area (Å²) in [5.41, 5.74) is 10.6. The van der Waals surface area contributed by atoms with Crippen molar-refractivity contribution in [3.8, 4) is 34.6 Å².